The Balaban J connectivity index is 2.89. The maximum Gasteiger partial charge on any atom is 0.287 e. The molecule has 0 aromatic carbocycles. The first-order valence-electron chi connectivity index (χ1n) is 5.22. The van der Waals surface area contributed by atoms with Crippen LogP contribution in [-0.2, 0) is 11.3 Å². The van der Waals surface area contributed by atoms with Gasteiger partial charge in [0.05, 0.1) is 31.6 Å². The number of aliphatic hydroxyl groups excluding tert-OH is 1. The lowest BCUT2D eigenvalue weighted by atomic mass is 10.3. The SMILES string of the molecule is COCC(C)Nc1cnn(CCO)c(=O)c1Cl. The van der Waals surface area contributed by atoms with Crippen LogP contribution < -0.4 is 10.9 Å². The summed E-state index contributed by atoms with van der Waals surface area (Å²) in [6.07, 6.45) is 1.46. The summed E-state index contributed by atoms with van der Waals surface area (Å²) in [7, 11) is 1.59. The number of aromatic nitrogens is 2. The Labute approximate surface area is 104 Å². The van der Waals surface area contributed by atoms with Crippen LogP contribution in [0.25, 0.3) is 0 Å². The molecule has 1 unspecified atom stereocenters. The normalized spacial score (nSPS) is 12.5. The lowest BCUT2D eigenvalue weighted by Crippen LogP contribution is -2.28. The van der Waals surface area contributed by atoms with E-state index in [2.05, 4.69) is 10.4 Å². The molecule has 1 atom stereocenters. The Kier molecular flexibility index (Phi) is 5.40. The molecule has 0 aliphatic carbocycles. The summed E-state index contributed by atoms with van der Waals surface area (Å²) in [5.74, 6) is 0. The van der Waals surface area contributed by atoms with Crippen LogP contribution in [0.1, 0.15) is 6.92 Å². The minimum absolute atomic E-state index is 0.0207. The zero-order valence-electron chi connectivity index (χ0n) is 9.81. The van der Waals surface area contributed by atoms with Crippen molar-refractivity contribution in [2.75, 3.05) is 25.6 Å². The van der Waals surface area contributed by atoms with Gasteiger partial charge in [0.1, 0.15) is 5.02 Å². The van der Waals surface area contributed by atoms with Gasteiger partial charge in [-0.05, 0) is 6.92 Å². The molecule has 0 radical (unpaired) electrons. The quantitative estimate of drug-likeness (QED) is 0.772. The molecule has 1 aromatic rings. The largest absolute Gasteiger partial charge is 0.394 e. The fourth-order valence-corrected chi connectivity index (χ4v) is 1.58. The third-order valence-corrected chi connectivity index (χ3v) is 2.48. The molecular formula is C10H16ClN3O3. The van der Waals surface area contributed by atoms with Gasteiger partial charge in [-0.1, -0.05) is 11.6 Å². The zero-order chi connectivity index (χ0) is 12.8. The van der Waals surface area contributed by atoms with E-state index in [9.17, 15) is 4.79 Å². The van der Waals surface area contributed by atoms with Crippen molar-refractivity contribution in [2.24, 2.45) is 0 Å². The fraction of sp³-hybridized carbons (Fsp3) is 0.600. The average Bonchev–Trinajstić information content (AvgIpc) is 2.29. The van der Waals surface area contributed by atoms with Gasteiger partial charge in [-0.2, -0.15) is 5.10 Å². The molecule has 0 aliphatic rings. The summed E-state index contributed by atoms with van der Waals surface area (Å²) in [6, 6.07) is 0.0207. The van der Waals surface area contributed by atoms with Crippen LogP contribution in [0.5, 0.6) is 0 Å². The highest BCUT2D eigenvalue weighted by Gasteiger charge is 2.11. The van der Waals surface area contributed by atoms with Crippen LogP contribution in [-0.4, -0.2) is 41.3 Å². The van der Waals surface area contributed by atoms with E-state index in [-0.39, 0.29) is 24.2 Å². The minimum Gasteiger partial charge on any atom is -0.394 e. The first-order chi connectivity index (χ1) is 8.10. The van der Waals surface area contributed by atoms with Crippen molar-refractivity contribution in [3.8, 4) is 0 Å². The smallest absolute Gasteiger partial charge is 0.287 e. The molecule has 7 heteroatoms. The summed E-state index contributed by atoms with van der Waals surface area (Å²) in [5.41, 5.74) is 0.0470. The van der Waals surface area contributed by atoms with Crippen LogP contribution in [0.2, 0.25) is 5.02 Å². The van der Waals surface area contributed by atoms with Crippen molar-refractivity contribution in [3.63, 3.8) is 0 Å². The molecule has 0 saturated carbocycles. The molecule has 2 N–H and O–H groups in total. The molecule has 0 bridgehead atoms. The zero-order valence-corrected chi connectivity index (χ0v) is 10.6. The Morgan fingerprint density at radius 3 is 3.00 bits per heavy atom. The number of rotatable bonds is 6. The van der Waals surface area contributed by atoms with Crippen LogP contribution in [0.3, 0.4) is 0 Å². The van der Waals surface area contributed by atoms with Gasteiger partial charge in [-0.25, -0.2) is 4.68 Å². The minimum atomic E-state index is -0.421. The third-order valence-electron chi connectivity index (χ3n) is 2.12. The van der Waals surface area contributed by atoms with Gasteiger partial charge < -0.3 is 15.2 Å². The maximum absolute atomic E-state index is 11.7. The summed E-state index contributed by atoms with van der Waals surface area (Å²) in [4.78, 5) is 11.7. The van der Waals surface area contributed by atoms with Gasteiger partial charge in [0.25, 0.3) is 5.56 Å². The number of hydrogen-bond acceptors (Lipinski definition) is 5. The highest BCUT2D eigenvalue weighted by Crippen LogP contribution is 2.16. The molecule has 6 nitrogen and oxygen atoms in total. The van der Waals surface area contributed by atoms with E-state index in [4.69, 9.17) is 21.4 Å². The molecule has 17 heavy (non-hydrogen) atoms. The van der Waals surface area contributed by atoms with Crippen LogP contribution >= 0.6 is 11.6 Å². The summed E-state index contributed by atoms with van der Waals surface area (Å²) in [5, 5.41) is 15.7. The first-order valence-corrected chi connectivity index (χ1v) is 5.60. The second kappa shape index (κ2) is 6.58. The van der Waals surface area contributed by atoms with Crippen LogP contribution in [0.15, 0.2) is 11.0 Å². The van der Waals surface area contributed by atoms with Gasteiger partial charge in [0.15, 0.2) is 0 Å². The Morgan fingerprint density at radius 2 is 2.41 bits per heavy atom. The molecule has 1 rings (SSSR count). The van der Waals surface area contributed by atoms with Gasteiger partial charge in [0.2, 0.25) is 0 Å². The second-order valence-electron chi connectivity index (χ2n) is 3.62. The van der Waals surface area contributed by atoms with E-state index in [0.717, 1.165) is 4.68 Å². The Hall–Kier alpha value is -1.11. The monoisotopic (exact) mass is 261 g/mol. The van der Waals surface area contributed by atoms with Crippen LogP contribution in [0.4, 0.5) is 5.69 Å². The van der Waals surface area contributed by atoms with Crippen molar-refractivity contribution >= 4 is 17.3 Å². The number of nitrogens with zero attached hydrogens (tertiary/aromatic N) is 2. The standard InChI is InChI=1S/C10H16ClN3O3/c1-7(6-17-2)13-8-5-12-14(3-4-15)10(16)9(8)11/h5,7,13,15H,3-4,6H2,1-2H3. The third kappa shape index (κ3) is 3.69. The number of methoxy groups -OCH3 is 1. The van der Waals surface area contributed by atoms with E-state index in [1.807, 2.05) is 6.92 Å². The molecule has 0 aliphatic heterocycles. The first kappa shape index (κ1) is 14.0. The topological polar surface area (TPSA) is 76.4 Å². The van der Waals surface area contributed by atoms with Gasteiger partial charge >= 0.3 is 0 Å². The van der Waals surface area contributed by atoms with Gasteiger partial charge in [-0.3, -0.25) is 4.79 Å². The van der Waals surface area contributed by atoms with Crippen LogP contribution in [0, 0.1) is 0 Å². The summed E-state index contributed by atoms with van der Waals surface area (Å²) >= 11 is 5.92. The number of halogens is 1. The molecular weight excluding hydrogens is 246 g/mol. The van der Waals surface area contributed by atoms with Gasteiger partial charge in [-0.15, -0.1) is 0 Å². The molecule has 0 fully saturated rings. The Bertz CT molecular complexity index is 422. The number of ether oxygens (including phenoxy) is 1. The van der Waals surface area contributed by atoms with E-state index < -0.39 is 5.56 Å². The molecule has 0 spiro atoms. The number of hydrogen-bond donors (Lipinski definition) is 2. The van der Waals surface area contributed by atoms with E-state index in [0.29, 0.717) is 12.3 Å². The fourth-order valence-electron chi connectivity index (χ4n) is 1.38. The van der Waals surface area contributed by atoms with E-state index >= 15 is 0 Å². The number of anilines is 1. The predicted octanol–water partition coefficient (Wildman–Crippen LogP) is 0.336. The predicted molar refractivity (Wildman–Crippen MR) is 65.6 cm³/mol. The molecule has 0 saturated heterocycles. The number of aliphatic hydroxyl groups is 1. The van der Waals surface area contributed by atoms with Crippen molar-refractivity contribution in [2.45, 2.75) is 19.5 Å². The number of nitrogens with one attached hydrogen (secondary N) is 1. The van der Waals surface area contributed by atoms with Gasteiger partial charge in [0, 0.05) is 13.2 Å². The van der Waals surface area contributed by atoms with Crippen molar-refractivity contribution in [3.05, 3.63) is 21.6 Å². The highest BCUT2D eigenvalue weighted by molar-refractivity contribution is 6.32. The molecule has 1 heterocycles. The maximum atomic E-state index is 11.7. The molecule has 0 amide bonds. The Morgan fingerprint density at radius 1 is 1.71 bits per heavy atom. The van der Waals surface area contributed by atoms with E-state index in [1.54, 1.807) is 7.11 Å². The summed E-state index contributed by atoms with van der Waals surface area (Å²) in [6.45, 7) is 2.37. The average molecular weight is 262 g/mol. The summed E-state index contributed by atoms with van der Waals surface area (Å²) < 4.78 is 6.09. The van der Waals surface area contributed by atoms with Crippen molar-refractivity contribution in [1.29, 1.82) is 0 Å². The highest BCUT2D eigenvalue weighted by atomic mass is 35.5. The van der Waals surface area contributed by atoms with E-state index in [1.165, 1.54) is 6.20 Å². The molecule has 1 aromatic heterocycles. The van der Waals surface area contributed by atoms with Crippen molar-refractivity contribution in [1.82, 2.24) is 9.78 Å². The second-order valence-corrected chi connectivity index (χ2v) is 4.00. The van der Waals surface area contributed by atoms with Crippen molar-refractivity contribution < 1.29 is 9.84 Å². The molecule has 96 valence electrons. The lowest BCUT2D eigenvalue weighted by molar-refractivity contribution is 0.190. The lowest BCUT2D eigenvalue weighted by Gasteiger charge is -2.15.